The van der Waals surface area contributed by atoms with Crippen LogP contribution < -0.4 is 5.32 Å². The smallest absolute Gasteiger partial charge is 0.134 e. The number of rotatable bonds is 5. The van der Waals surface area contributed by atoms with Gasteiger partial charge in [0.05, 0.1) is 6.04 Å². The molecule has 0 saturated carbocycles. The van der Waals surface area contributed by atoms with E-state index in [-0.39, 0.29) is 6.04 Å². The number of benzene rings is 1. The number of unbranched alkanes of at least 4 members (excludes halogenated alkanes) is 1. The maximum absolute atomic E-state index is 5.95. The maximum atomic E-state index is 5.95. The summed E-state index contributed by atoms with van der Waals surface area (Å²) < 4.78 is 5.95. The van der Waals surface area contributed by atoms with Crippen molar-refractivity contribution in [2.75, 3.05) is 7.05 Å². The van der Waals surface area contributed by atoms with E-state index < -0.39 is 0 Å². The summed E-state index contributed by atoms with van der Waals surface area (Å²) in [5.41, 5.74) is 3.69. The summed E-state index contributed by atoms with van der Waals surface area (Å²) >= 11 is 0. The third-order valence-electron chi connectivity index (χ3n) is 3.68. The zero-order valence-corrected chi connectivity index (χ0v) is 11.8. The summed E-state index contributed by atoms with van der Waals surface area (Å²) in [6, 6.07) is 6.85. The van der Waals surface area contributed by atoms with Crippen LogP contribution in [0.15, 0.2) is 22.6 Å². The highest BCUT2D eigenvalue weighted by Crippen LogP contribution is 2.30. The van der Waals surface area contributed by atoms with Gasteiger partial charge in [-0.3, -0.25) is 0 Å². The van der Waals surface area contributed by atoms with Gasteiger partial charge in [-0.05, 0) is 57.0 Å². The first-order valence-electron chi connectivity index (χ1n) is 6.86. The second-order valence-corrected chi connectivity index (χ2v) is 5.04. The minimum Gasteiger partial charge on any atom is -0.459 e. The van der Waals surface area contributed by atoms with Crippen molar-refractivity contribution in [1.82, 2.24) is 5.32 Å². The molecule has 0 spiro atoms. The van der Waals surface area contributed by atoms with E-state index in [0.717, 1.165) is 17.8 Å². The van der Waals surface area contributed by atoms with Gasteiger partial charge >= 0.3 is 0 Å². The van der Waals surface area contributed by atoms with Crippen LogP contribution in [0.4, 0.5) is 0 Å². The zero-order chi connectivity index (χ0) is 13.1. The first-order valence-corrected chi connectivity index (χ1v) is 6.86. The first kappa shape index (κ1) is 13.2. The van der Waals surface area contributed by atoms with Crippen LogP contribution >= 0.6 is 0 Å². The molecule has 1 aromatic heterocycles. The Labute approximate surface area is 109 Å². The zero-order valence-electron chi connectivity index (χ0n) is 11.8. The van der Waals surface area contributed by atoms with E-state index in [1.807, 2.05) is 7.05 Å². The molecule has 98 valence electrons. The summed E-state index contributed by atoms with van der Waals surface area (Å²) in [5.74, 6) is 1.06. The third kappa shape index (κ3) is 2.44. The van der Waals surface area contributed by atoms with Crippen molar-refractivity contribution in [2.24, 2.45) is 0 Å². The van der Waals surface area contributed by atoms with E-state index in [1.54, 1.807) is 0 Å². The molecule has 0 saturated heterocycles. The van der Waals surface area contributed by atoms with Gasteiger partial charge in [-0.25, -0.2) is 0 Å². The van der Waals surface area contributed by atoms with Gasteiger partial charge in [0.15, 0.2) is 0 Å². The molecule has 1 unspecified atom stereocenters. The SMILES string of the molecule is CCCCc1ccc2oc(C(C)NC)c(C)c2c1. The Kier molecular flexibility index (Phi) is 4.07. The van der Waals surface area contributed by atoms with Crippen LogP contribution in [0.2, 0.25) is 0 Å². The van der Waals surface area contributed by atoms with Crippen LogP contribution in [0.5, 0.6) is 0 Å². The van der Waals surface area contributed by atoms with Crippen LogP contribution in [0, 0.1) is 6.92 Å². The fourth-order valence-corrected chi connectivity index (χ4v) is 2.37. The molecule has 2 aromatic rings. The van der Waals surface area contributed by atoms with Crippen molar-refractivity contribution in [3.63, 3.8) is 0 Å². The van der Waals surface area contributed by atoms with E-state index in [4.69, 9.17) is 4.42 Å². The Morgan fingerprint density at radius 3 is 2.78 bits per heavy atom. The monoisotopic (exact) mass is 245 g/mol. The predicted molar refractivity (Wildman–Crippen MR) is 77.0 cm³/mol. The van der Waals surface area contributed by atoms with Crippen molar-refractivity contribution in [2.45, 2.75) is 46.1 Å². The molecule has 0 bridgehead atoms. The van der Waals surface area contributed by atoms with Crippen LogP contribution in [0.25, 0.3) is 11.0 Å². The molecule has 0 aliphatic rings. The molecule has 0 aliphatic carbocycles. The molecule has 2 nitrogen and oxygen atoms in total. The fraction of sp³-hybridized carbons (Fsp3) is 0.500. The van der Waals surface area contributed by atoms with Crippen LogP contribution in [0.1, 0.15) is 49.6 Å². The number of fused-ring (bicyclic) bond motifs is 1. The molecule has 1 aromatic carbocycles. The van der Waals surface area contributed by atoms with Gasteiger partial charge in [-0.2, -0.15) is 0 Å². The highest BCUT2D eigenvalue weighted by Gasteiger charge is 2.15. The Balaban J connectivity index is 2.40. The Bertz CT molecular complexity index is 527. The number of aryl methyl sites for hydroxylation is 2. The van der Waals surface area contributed by atoms with Gasteiger partial charge in [0, 0.05) is 5.39 Å². The second-order valence-electron chi connectivity index (χ2n) is 5.04. The normalized spacial score (nSPS) is 13.1. The van der Waals surface area contributed by atoms with Gasteiger partial charge < -0.3 is 9.73 Å². The van der Waals surface area contributed by atoms with Crippen LogP contribution in [0.3, 0.4) is 0 Å². The van der Waals surface area contributed by atoms with E-state index in [9.17, 15) is 0 Å². The first-order chi connectivity index (χ1) is 8.67. The molecule has 2 heteroatoms. The van der Waals surface area contributed by atoms with Crippen molar-refractivity contribution in [1.29, 1.82) is 0 Å². The van der Waals surface area contributed by atoms with Crippen LogP contribution in [-0.2, 0) is 6.42 Å². The number of furan rings is 1. The molecule has 18 heavy (non-hydrogen) atoms. The average molecular weight is 245 g/mol. The molecule has 0 aliphatic heterocycles. The molecule has 0 radical (unpaired) electrons. The lowest BCUT2D eigenvalue weighted by molar-refractivity contribution is 0.471. The molecular weight excluding hydrogens is 222 g/mol. The van der Waals surface area contributed by atoms with Gasteiger partial charge in [-0.15, -0.1) is 0 Å². The lowest BCUT2D eigenvalue weighted by Gasteiger charge is -2.06. The van der Waals surface area contributed by atoms with E-state index in [2.05, 4.69) is 44.3 Å². The van der Waals surface area contributed by atoms with Crippen molar-refractivity contribution in [3.8, 4) is 0 Å². The van der Waals surface area contributed by atoms with Crippen molar-refractivity contribution < 1.29 is 4.42 Å². The van der Waals surface area contributed by atoms with Crippen LogP contribution in [-0.4, -0.2) is 7.05 Å². The Morgan fingerprint density at radius 1 is 1.33 bits per heavy atom. The predicted octanol–water partition coefficient (Wildman–Crippen LogP) is 4.36. The molecule has 0 fully saturated rings. The van der Waals surface area contributed by atoms with E-state index >= 15 is 0 Å². The lowest BCUT2D eigenvalue weighted by Crippen LogP contribution is -2.12. The lowest BCUT2D eigenvalue weighted by atomic mass is 10.0. The Hall–Kier alpha value is -1.28. The van der Waals surface area contributed by atoms with Crippen molar-refractivity contribution in [3.05, 3.63) is 35.1 Å². The Morgan fingerprint density at radius 2 is 2.11 bits per heavy atom. The quantitative estimate of drug-likeness (QED) is 0.846. The van der Waals surface area contributed by atoms with Gasteiger partial charge in [-0.1, -0.05) is 19.4 Å². The molecule has 1 atom stereocenters. The fourth-order valence-electron chi connectivity index (χ4n) is 2.37. The highest BCUT2D eigenvalue weighted by molar-refractivity contribution is 5.82. The third-order valence-corrected chi connectivity index (χ3v) is 3.68. The average Bonchev–Trinajstić information content (AvgIpc) is 2.73. The molecule has 1 heterocycles. The summed E-state index contributed by atoms with van der Waals surface area (Å²) in [5, 5.41) is 4.50. The second kappa shape index (κ2) is 5.57. The minimum atomic E-state index is 0.261. The largest absolute Gasteiger partial charge is 0.459 e. The molecular formula is C16H23NO. The number of hydrogen-bond donors (Lipinski definition) is 1. The minimum absolute atomic E-state index is 0.261. The summed E-state index contributed by atoms with van der Waals surface area (Å²) in [6.07, 6.45) is 3.65. The standard InChI is InChI=1S/C16H23NO/c1-5-6-7-13-8-9-15-14(10-13)11(2)16(18-15)12(3)17-4/h8-10,12,17H,5-7H2,1-4H3. The topological polar surface area (TPSA) is 25.2 Å². The van der Waals surface area contributed by atoms with Gasteiger partial charge in [0.1, 0.15) is 11.3 Å². The van der Waals surface area contributed by atoms with Crippen molar-refractivity contribution >= 4 is 11.0 Å². The summed E-state index contributed by atoms with van der Waals surface area (Å²) in [6.45, 7) is 6.51. The van der Waals surface area contributed by atoms with Gasteiger partial charge in [0.25, 0.3) is 0 Å². The molecule has 0 amide bonds. The summed E-state index contributed by atoms with van der Waals surface area (Å²) in [4.78, 5) is 0. The number of nitrogens with one attached hydrogen (secondary N) is 1. The van der Waals surface area contributed by atoms with E-state index in [0.29, 0.717) is 0 Å². The molecule has 2 rings (SSSR count). The highest BCUT2D eigenvalue weighted by atomic mass is 16.3. The number of hydrogen-bond acceptors (Lipinski definition) is 2. The van der Waals surface area contributed by atoms with Gasteiger partial charge in [0.2, 0.25) is 0 Å². The van der Waals surface area contributed by atoms with E-state index in [1.165, 1.54) is 29.4 Å². The maximum Gasteiger partial charge on any atom is 0.134 e. The molecule has 1 N–H and O–H groups in total. The summed E-state index contributed by atoms with van der Waals surface area (Å²) in [7, 11) is 1.96.